The van der Waals surface area contributed by atoms with Crippen molar-refractivity contribution in [3.63, 3.8) is 0 Å². The number of nitrogens with zero attached hydrogens (tertiary/aromatic N) is 3. The van der Waals surface area contributed by atoms with Gasteiger partial charge in [-0.15, -0.1) is 12.4 Å². The van der Waals surface area contributed by atoms with Crippen LogP contribution in [0.25, 0.3) is 22.6 Å². The second-order valence-corrected chi connectivity index (χ2v) is 5.88. The SMILES string of the molecule is Cl.NC1(c2noc(-c3cc4cc([N+](=O)[O-])ccc4o3)n2)CCCC1. The summed E-state index contributed by atoms with van der Waals surface area (Å²) in [5, 5.41) is 15.4. The molecule has 4 rings (SSSR count). The zero-order valence-electron chi connectivity index (χ0n) is 12.6. The smallest absolute Gasteiger partial charge is 0.293 e. The molecular weight excluding hydrogens is 336 g/mol. The fraction of sp³-hybridized carbons (Fsp3) is 0.333. The number of furan rings is 1. The Kier molecular flexibility index (Phi) is 4.02. The molecule has 0 saturated heterocycles. The molecule has 24 heavy (non-hydrogen) atoms. The monoisotopic (exact) mass is 350 g/mol. The van der Waals surface area contributed by atoms with Crippen molar-refractivity contribution in [2.75, 3.05) is 0 Å². The summed E-state index contributed by atoms with van der Waals surface area (Å²) in [5.74, 6) is 1.09. The van der Waals surface area contributed by atoms with Crippen LogP contribution in [0.3, 0.4) is 0 Å². The van der Waals surface area contributed by atoms with E-state index in [1.165, 1.54) is 12.1 Å². The summed E-state index contributed by atoms with van der Waals surface area (Å²) in [5.41, 5.74) is 6.30. The van der Waals surface area contributed by atoms with Crippen molar-refractivity contribution in [2.45, 2.75) is 31.2 Å². The van der Waals surface area contributed by atoms with Crippen LogP contribution < -0.4 is 5.73 Å². The highest BCUT2D eigenvalue weighted by atomic mass is 35.5. The number of non-ortho nitro benzene ring substituents is 1. The van der Waals surface area contributed by atoms with E-state index in [9.17, 15) is 10.1 Å². The largest absolute Gasteiger partial charge is 0.451 e. The number of nitro groups is 1. The van der Waals surface area contributed by atoms with E-state index >= 15 is 0 Å². The first-order chi connectivity index (χ1) is 11.0. The lowest BCUT2D eigenvalue weighted by Gasteiger charge is -2.17. The van der Waals surface area contributed by atoms with Gasteiger partial charge in [-0.3, -0.25) is 10.1 Å². The number of fused-ring (bicyclic) bond motifs is 1. The molecule has 0 unspecified atom stereocenters. The second kappa shape index (κ2) is 5.88. The average Bonchev–Trinajstić information content (AvgIpc) is 3.25. The number of benzene rings is 1. The van der Waals surface area contributed by atoms with Crippen molar-refractivity contribution >= 4 is 29.1 Å². The quantitative estimate of drug-likeness (QED) is 0.566. The zero-order valence-corrected chi connectivity index (χ0v) is 13.4. The average molecular weight is 351 g/mol. The van der Waals surface area contributed by atoms with Crippen LogP contribution >= 0.6 is 12.4 Å². The van der Waals surface area contributed by atoms with Crippen LogP contribution in [0, 0.1) is 10.1 Å². The first kappa shape index (κ1) is 16.4. The maximum Gasteiger partial charge on any atom is 0.293 e. The van der Waals surface area contributed by atoms with Crippen LogP contribution in [-0.4, -0.2) is 15.1 Å². The lowest BCUT2D eigenvalue weighted by molar-refractivity contribution is -0.384. The number of halogens is 1. The minimum absolute atomic E-state index is 0. The van der Waals surface area contributed by atoms with Crippen LogP contribution in [0.15, 0.2) is 33.2 Å². The summed E-state index contributed by atoms with van der Waals surface area (Å²) >= 11 is 0. The van der Waals surface area contributed by atoms with Gasteiger partial charge in [0.15, 0.2) is 11.6 Å². The van der Waals surface area contributed by atoms with Crippen LogP contribution in [0.2, 0.25) is 0 Å². The van der Waals surface area contributed by atoms with Crippen LogP contribution in [-0.2, 0) is 5.54 Å². The highest BCUT2D eigenvalue weighted by Crippen LogP contribution is 2.36. The molecule has 0 amide bonds. The van der Waals surface area contributed by atoms with E-state index in [1.54, 1.807) is 12.1 Å². The molecule has 1 fully saturated rings. The number of hydrogen-bond donors (Lipinski definition) is 1. The summed E-state index contributed by atoms with van der Waals surface area (Å²) in [7, 11) is 0. The Labute approximate surface area is 142 Å². The van der Waals surface area contributed by atoms with Crippen molar-refractivity contribution in [3.05, 3.63) is 40.2 Å². The maximum atomic E-state index is 10.8. The van der Waals surface area contributed by atoms with Gasteiger partial charge in [-0.25, -0.2) is 0 Å². The van der Waals surface area contributed by atoms with Gasteiger partial charge in [0.1, 0.15) is 5.58 Å². The predicted octanol–water partition coefficient (Wildman–Crippen LogP) is 3.54. The standard InChI is InChI=1S/C15H14N4O4.ClH/c16-15(5-1-2-6-15)14-17-13(23-18-14)12-8-9-7-10(19(20)21)3-4-11(9)22-12;/h3-4,7-8H,1-2,5-6,16H2;1H. The lowest BCUT2D eigenvalue weighted by atomic mass is 9.99. The Morgan fingerprint density at radius 1 is 1.25 bits per heavy atom. The molecule has 0 atom stereocenters. The molecule has 0 spiro atoms. The minimum atomic E-state index is -0.535. The molecule has 2 aromatic heterocycles. The lowest BCUT2D eigenvalue weighted by Crippen LogP contribution is -2.34. The van der Waals surface area contributed by atoms with Gasteiger partial charge in [0.25, 0.3) is 11.6 Å². The molecule has 9 heteroatoms. The number of nitrogens with two attached hydrogens (primary N) is 1. The van der Waals surface area contributed by atoms with Crippen molar-refractivity contribution in [1.29, 1.82) is 0 Å². The van der Waals surface area contributed by atoms with E-state index in [0.717, 1.165) is 25.7 Å². The van der Waals surface area contributed by atoms with Gasteiger partial charge in [0.2, 0.25) is 0 Å². The number of rotatable bonds is 3. The summed E-state index contributed by atoms with van der Waals surface area (Å²) < 4.78 is 10.9. The molecule has 2 N–H and O–H groups in total. The summed E-state index contributed by atoms with van der Waals surface area (Å²) in [6.07, 6.45) is 3.76. The number of hydrogen-bond acceptors (Lipinski definition) is 7. The predicted molar refractivity (Wildman–Crippen MR) is 87.7 cm³/mol. The molecule has 0 bridgehead atoms. The molecule has 126 valence electrons. The Bertz CT molecular complexity index is 898. The van der Waals surface area contributed by atoms with Gasteiger partial charge in [0, 0.05) is 17.5 Å². The third-order valence-electron chi connectivity index (χ3n) is 4.29. The Morgan fingerprint density at radius 2 is 2.00 bits per heavy atom. The van der Waals surface area contributed by atoms with Gasteiger partial charge in [-0.2, -0.15) is 4.98 Å². The molecule has 1 aliphatic carbocycles. The topological polar surface area (TPSA) is 121 Å². The van der Waals surface area contributed by atoms with Gasteiger partial charge in [-0.1, -0.05) is 18.0 Å². The molecule has 3 aromatic rings. The van der Waals surface area contributed by atoms with Crippen molar-refractivity contribution in [2.24, 2.45) is 5.73 Å². The number of nitro benzene ring substituents is 1. The maximum absolute atomic E-state index is 10.8. The van der Waals surface area contributed by atoms with E-state index < -0.39 is 10.5 Å². The third kappa shape index (κ3) is 2.63. The van der Waals surface area contributed by atoms with Gasteiger partial charge in [0.05, 0.1) is 10.5 Å². The zero-order chi connectivity index (χ0) is 16.0. The Balaban J connectivity index is 0.00000169. The van der Waals surface area contributed by atoms with Gasteiger partial charge in [-0.05, 0) is 25.0 Å². The molecule has 1 aromatic carbocycles. The molecule has 0 radical (unpaired) electrons. The van der Waals surface area contributed by atoms with Crippen molar-refractivity contribution in [1.82, 2.24) is 10.1 Å². The van der Waals surface area contributed by atoms with Crippen LogP contribution in [0.1, 0.15) is 31.5 Å². The van der Waals surface area contributed by atoms with E-state index in [-0.39, 0.29) is 24.0 Å². The van der Waals surface area contributed by atoms with Gasteiger partial charge >= 0.3 is 0 Å². The molecule has 1 saturated carbocycles. The normalized spacial score (nSPS) is 16.2. The van der Waals surface area contributed by atoms with Crippen molar-refractivity contribution in [3.8, 4) is 11.7 Å². The van der Waals surface area contributed by atoms with E-state index in [1.807, 2.05) is 0 Å². The fourth-order valence-corrected chi connectivity index (χ4v) is 3.01. The van der Waals surface area contributed by atoms with Crippen molar-refractivity contribution < 1.29 is 13.9 Å². The Morgan fingerprint density at radius 3 is 2.71 bits per heavy atom. The summed E-state index contributed by atoms with van der Waals surface area (Å²) in [6.45, 7) is 0. The third-order valence-corrected chi connectivity index (χ3v) is 4.29. The number of aromatic nitrogens is 2. The molecule has 8 nitrogen and oxygen atoms in total. The molecular formula is C15H15ClN4O4. The van der Waals surface area contributed by atoms with E-state index in [0.29, 0.717) is 22.6 Å². The second-order valence-electron chi connectivity index (χ2n) is 5.88. The summed E-state index contributed by atoms with van der Waals surface area (Å²) in [4.78, 5) is 14.7. The molecule has 2 heterocycles. The molecule has 0 aliphatic heterocycles. The van der Waals surface area contributed by atoms with Gasteiger partial charge < -0.3 is 14.7 Å². The van der Waals surface area contributed by atoms with Crippen LogP contribution in [0.5, 0.6) is 0 Å². The fourth-order valence-electron chi connectivity index (χ4n) is 3.01. The minimum Gasteiger partial charge on any atom is -0.451 e. The van der Waals surface area contributed by atoms with E-state index in [2.05, 4.69) is 10.1 Å². The van der Waals surface area contributed by atoms with Crippen LogP contribution in [0.4, 0.5) is 5.69 Å². The van der Waals surface area contributed by atoms with E-state index in [4.69, 9.17) is 14.7 Å². The molecule has 1 aliphatic rings. The first-order valence-electron chi connectivity index (χ1n) is 7.37. The highest BCUT2D eigenvalue weighted by molar-refractivity contribution is 5.85. The first-order valence-corrected chi connectivity index (χ1v) is 7.37. The summed E-state index contributed by atoms with van der Waals surface area (Å²) in [6, 6.07) is 6.04. The Hall–Kier alpha value is -2.45. The highest BCUT2D eigenvalue weighted by Gasteiger charge is 2.36.